The lowest BCUT2D eigenvalue weighted by molar-refractivity contribution is -0.121. The summed E-state index contributed by atoms with van der Waals surface area (Å²) >= 11 is 7.84. The van der Waals surface area contributed by atoms with E-state index >= 15 is 0 Å². The fourth-order valence-electron chi connectivity index (χ4n) is 3.92. The number of para-hydroxylation sites is 1. The molecule has 6 nitrogen and oxygen atoms in total. The van der Waals surface area contributed by atoms with Gasteiger partial charge in [-0.15, -0.1) is 22.3 Å². The molecule has 0 saturated carbocycles. The van der Waals surface area contributed by atoms with Crippen LogP contribution in [-0.4, -0.2) is 38.0 Å². The maximum Gasteiger partial charge on any atom is 0.294 e. The Hall–Kier alpha value is -2.33. The molecular formula is C23H22ClN3O3S3. The zero-order chi connectivity index (χ0) is 24.0. The van der Waals surface area contributed by atoms with Gasteiger partial charge < -0.3 is 4.90 Å². The summed E-state index contributed by atoms with van der Waals surface area (Å²) in [6, 6.07) is 11.1. The van der Waals surface area contributed by atoms with Crippen LogP contribution in [0.5, 0.6) is 0 Å². The summed E-state index contributed by atoms with van der Waals surface area (Å²) in [5.41, 5.74) is 3.12. The van der Waals surface area contributed by atoms with Crippen molar-refractivity contribution in [3.63, 3.8) is 0 Å². The quantitative estimate of drug-likeness (QED) is 0.390. The molecule has 172 valence electrons. The molecule has 0 unspecified atom stereocenters. The third kappa shape index (κ3) is 4.30. The summed E-state index contributed by atoms with van der Waals surface area (Å²) in [5.74, 6) is -0.314. The lowest BCUT2D eigenvalue weighted by Gasteiger charge is -2.23. The van der Waals surface area contributed by atoms with Gasteiger partial charge in [0.15, 0.2) is 5.17 Å². The van der Waals surface area contributed by atoms with Crippen LogP contribution in [0.2, 0.25) is 4.34 Å². The summed E-state index contributed by atoms with van der Waals surface area (Å²) in [7, 11) is -2.00. The number of hydrogen-bond donors (Lipinski definition) is 0. The number of likely N-dealkylation sites (N-methyl/N-ethyl adjacent to an activating group) is 1. The standard InChI is InChI=1S/C23H22ClN3O3S3/c1-5-14-27-21(28)17(31-22(27)25-33(29,30)20-13-12-19(24)32-20)10-11-18-23(2,3)15-8-6-7-9-16(15)26(18)4/h5-13H,1,14H2,2-4H3/b17-10-,18-11+,25-22+. The minimum absolute atomic E-state index is 0.0262. The molecular weight excluding hydrogens is 498 g/mol. The van der Waals surface area contributed by atoms with E-state index in [-0.39, 0.29) is 27.2 Å². The summed E-state index contributed by atoms with van der Waals surface area (Å²) in [6.07, 6.45) is 5.19. The van der Waals surface area contributed by atoms with E-state index in [4.69, 9.17) is 11.6 Å². The molecule has 0 radical (unpaired) electrons. The fraction of sp³-hybridized carbons (Fsp3) is 0.217. The van der Waals surface area contributed by atoms with Crippen LogP contribution in [0.15, 0.2) is 80.4 Å². The van der Waals surface area contributed by atoms with E-state index in [1.54, 1.807) is 6.08 Å². The van der Waals surface area contributed by atoms with E-state index < -0.39 is 10.0 Å². The van der Waals surface area contributed by atoms with Crippen LogP contribution in [0.25, 0.3) is 0 Å². The third-order valence-corrected chi connectivity index (χ3v) is 9.64. The summed E-state index contributed by atoms with van der Waals surface area (Å²) in [6.45, 7) is 8.10. The van der Waals surface area contributed by atoms with Gasteiger partial charge in [0.2, 0.25) is 0 Å². The molecule has 2 aromatic rings. The van der Waals surface area contributed by atoms with Crippen molar-refractivity contribution in [2.24, 2.45) is 4.40 Å². The van der Waals surface area contributed by atoms with Crippen LogP contribution in [0.4, 0.5) is 5.69 Å². The molecule has 2 aliphatic heterocycles. The van der Waals surface area contributed by atoms with E-state index in [1.807, 2.05) is 25.3 Å². The predicted molar refractivity (Wildman–Crippen MR) is 137 cm³/mol. The van der Waals surface area contributed by atoms with Gasteiger partial charge in [-0.25, -0.2) is 0 Å². The zero-order valence-corrected chi connectivity index (χ0v) is 21.5. The van der Waals surface area contributed by atoms with Crippen molar-refractivity contribution >= 4 is 61.5 Å². The van der Waals surface area contributed by atoms with Crippen LogP contribution in [0, 0.1) is 0 Å². The van der Waals surface area contributed by atoms with Crippen molar-refractivity contribution in [3.8, 4) is 0 Å². The second-order valence-electron chi connectivity index (χ2n) is 8.00. The maximum atomic E-state index is 13.1. The zero-order valence-electron chi connectivity index (χ0n) is 18.3. The van der Waals surface area contributed by atoms with Crippen LogP contribution >= 0.6 is 34.7 Å². The Morgan fingerprint density at radius 2 is 1.91 bits per heavy atom. The van der Waals surface area contributed by atoms with E-state index in [0.29, 0.717) is 9.24 Å². The first-order chi connectivity index (χ1) is 15.6. The molecule has 0 spiro atoms. The topological polar surface area (TPSA) is 70.1 Å². The SMILES string of the molecule is C=CCN1C(=O)/C(=C/C=C2/N(C)c3ccccc3C2(C)C)S/C1=N/S(=O)(=O)c1ccc(Cl)s1. The summed E-state index contributed by atoms with van der Waals surface area (Å²) in [4.78, 5) is 16.9. The van der Waals surface area contributed by atoms with Gasteiger partial charge in [0.05, 0.1) is 9.24 Å². The Morgan fingerprint density at radius 1 is 1.18 bits per heavy atom. The normalized spacial score (nSPS) is 21.5. The van der Waals surface area contributed by atoms with Crippen LogP contribution in [-0.2, 0) is 20.2 Å². The number of anilines is 1. The molecule has 0 atom stereocenters. The fourth-order valence-corrected chi connectivity index (χ4v) is 7.51. The third-order valence-electron chi connectivity index (χ3n) is 5.53. The van der Waals surface area contributed by atoms with Gasteiger partial charge in [0.1, 0.15) is 4.21 Å². The van der Waals surface area contributed by atoms with Crippen molar-refractivity contribution in [1.29, 1.82) is 0 Å². The highest BCUT2D eigenvalue weighted by atomic mass is 35.5. The minimum Gasteiger partial charge on any atom is -0.347 e. The molecule has 2 aliphatic rings. The Bertz CT molecular complexity index is 1340. The predicted octanol–water partition coefficient (Wildman–Crippen LogP) is 5.40. The number of benzene rings is 1. The van der Waals surface area contributed by atoms with Crippen molar-refractivity contribution in [3.05, 3.63) is 81.7 Å². The molecule has 10 heteroatoms. The number of carbonyl (C=O) groups is 1. The maximum absolute atomic E-state index is 13.1. The van der Waals surface area contributed by atoms with Gasteiger partial charge in [-0.1, -0.05) is 49.7 Å². The number of nitrogens with zero attached hydrogens (tertiary/aromatic N) is 3. The van der Waals surface area contributed by atoms with Crippen molar-refractivity contribution < 1.29 is 13.2 Å². The number of rotatable bonds is 5. The van der Waals surface area contributed by atoms with E-state index in [2.05, 4.69) is 41.9 Å². The van der Waals surface area contributed by atoms with Gasteiger partial charge in [-0.2, -0.15) is 8.42 Å². The first-order valence-electron chi connectivity index (χ1n) is 10.0. The lowest BCUT2D eigenvalue weighted by Crippen LogP contribution is -2.29. The summed E-state index contributed by atoms with van der Waals surface area (Å²) in [5, 5.41) is 0.0939. The molecule has 33 heavy (non-hydrogen) atoms. The molecule has 1 fully saturated rings. The number of halogens is 1. The van der Waals surface area contributed by atoms with Crippen molar-refractivity contribution in [2.75, 3.05) is 18.5 Å². The molecule has 0 bridgehead atoms. The van der Waals surface area contributed by atoms with E-state index in [1.165, 1.54) is 28.7 Å². The number of amides is 1. The first-order valence-corrected chi connectivity index (χ1v) is 13.5. The highest BCUT2D eigenvalue weighted by Crippen LogP contribution is 2.47. The first kappa shape index (κ1) is 23.8. The van der Waals surface area contributed by atoms with Crippen LogP contribution in [0.3, 0.4) is 0 Å². The molecule has 1 aromatic carbocycles. The summed E-state index contributed by atoms with van der Waals surface area (Å²) < 4.78 is 29.8. The molecule has 1 amide bonds. The number of amidine groups is 1. The highest BCUT2D eigenvalue weighted by Gasteiger charge is 2.38. The number of thioether (sulfide) groups is 1. The average molecular weight is 520 g/mol. The largest absolute Gasteiger partial charge is 0.347 e. The molecule has 0 N–H and O–H groups in total. The van der Waals surface area contributed by atoms with Gasteiger partial charge in [0.25, 0.3) is 15.9 Å². The lowest BCUT2D eigenvalue weighted by atomic mass is 9.84. The van der Waals surface area contributed by atoms with Crippen molar-refractivity contribution in [2.45, 2.75) is 23.5 Å². The van der Waals surface area contributed by atoms with Crippen LogP contribution in [0.1, 0.15) is 19.4 Å². The number of fused-ring (bicyclic) bond motifs is 1. The monoisotopic (exact) mass is 519 g/mol. The highest BCUT2D eigenvalue weighted by molar-refractivity contribution is 8.19. The van der Waals surface area contributed by atoms with Crippen LogP contribution < -0.4 is 4.90 Å². The van der Waals surface area contributed by atoms with Gasteiger partial charge >= 0.3 is 0 Å². The number of hydrogen-bond acceptors (Lipinski definition) is 6. The Kier molecular flexibility index (Phi) is 6.34. The molecule has 3 heterocycles. The van der Waals surface area contributed by atoms with Crippen molar-refractivity contribution in [1.82, 2.24) is 4.90 Å². The Morgan fingerprint density at radius 3 is 2.55 bits per heavy atom. The molecule has 0 aliphatic carbocycles. The molecule has 1 aromatic heterocycles. The smallest absolute Gasteiger partial charge is 0.294 e. The minimum atomic E-state index is -3.99. The number of sulfonamides is 1. The van der Waals surface area contributed by atoms with E-state index in [9.17, 15) is 13.2 Å². The Labute approximate surface area is 207 Å². The number of carbonyl (C=O) groups excluding carboxylic acids is 1. The second kappa shape index (κ2) is 8.79. The van der Waals surface area contributed by atoms with E-state index in [0.717, 1.165) is 34.5 Å². The Balaban J connectivity index is 1.70. The van der Waals surface area contributed by atoms with Gasteiger partial charge in [-0.05, 0) is 47.7 Å². The number of thiophene rings is 1. The second-order valence-corrected chi connectivity index (χ2v) is 12.6. The van der Waals surface area contributed by atoms with Gasteiger partial charge in [-0.3, -0.25) is 9.69 Å². The van der Waals surface area contributed by atoms with Gasteiger partial charge in [0, 0.05) is 30.4 Å². The number of allylic oxidation sites excluding steroid dienone is 3. The molecule has 4 rings (SSSR count). The molecule has 1 saturated heterocycles. The average Bonchev–Trinajstić information content (AvgIpc) is 3.38.